The van der Waals surface area contributed by atoms with Crippen molar-refractivity contribution >= 4 is 39.1 Å². The van der Waals surface area contributed by atoms with Gasteiger partial charge in [0, 0.05) is 33.8 Å². The predicted octanol–water partition coefficient (Wildman–Crippen LogP) is 0.935. The fourth-order valence-corrected chi connectivity index (χ4v) is 2.93. The number of rotatable bonds is 9. The van der Waals surface area contributed by atoms with E-state index >= 15 is 0 Å². The lowest BCUT2D eigenvalue weighted by Gasteiger charge is -2.16. The van der Waals surface area contributed by atoms with Gasteiger partial charge >= 0.3 is 0 Å². The standard InChI is InChI=1S/C13H20BrN3O3S/c1-17(13(19)10-3-4-11(14)21-10)9-12(18)16-6-5-15-7-8-20-2/h3-4,15H,5-9H2,1-2H3,(H,16,18). The molecule has 2 N–H and O–H groups in total. The molecule has 21 heavy (non-hydrogen) atoms. The molecule has 1 aromatic heterocycles. The van der Waals surface area contributed by atoms with Gasteiger partial charge in [-0.25, -0.2) is 0 Å². The van der Waals surface area contributed by atoms with E-state index in [1.165, 1.54) is 16.2 Å². The Morgan fingerprint density at radius 2 is 2.10 bits per heavy atom. The zero-order valence-electron chi connectivity index (χ0n) is 12.1. The maximum absolute atomic E-state index is 12.1. The zero-order valence-corrected chi connectivity index (χ0v) is 14.6. The maximum Gasteiger partial charge on any atom is 0.264 e. The number of hydrogen-bond acceptors (Lipinski definition) is 5. The van der Waals surface area contributed by atoms with Gasteiger partial charge in [-0.1, -0.05) is 0 Å². The number of carbonyl (C=O) groups is 2. The van der Waals surface area contributed by atoms with Gasteiger partial charge in [0.2, 0.25) is 5.91 Å². The lowest BCUT2D eigenvalue weighted by atomic mass is 10.4. The quantitative estimate of drug-likeness (QED) is 0.628. The van der Waals surface area contributed by atoms with Crippen LogP contribution in [-0.4, -0.2) is 63.7 Å². The predicted molar refractivity (Wildman–Crippen MR) is 86.7 cm³/mol. The Bertz CT molecular complexity index is 467. The minimum atomic E-state index is -0.171. The summed E-state index contributed by atoms with van der Waals surface area (Å²) in [6, 6.07) is 3.56. The van der Waals surface area contributed by atoms with E-state index in [-0.39, 0.29) is 18.4 Å². The number of likely N-dealkylation sites (N-methyl/N-ethyl adjacent to an activating group) is 1. The Morgan fingerprint density at radius 1 is 1.33 bits per heavy atom. The SMILES string of the molecule is COCCNCCNC(=O)CN(C)C(=O)c1ccc(Br)s1. The highest BCUT2D eigenvalue weighted by Crippen LogP contribution is 2.22. The Morgan fingerprint density at radius 3 is 2.71 bits per heavy atom. The minimum Gasteiger partial charge on any atom is -0.383 e. The van der Waals surface area contributed by atoms with Crippen LogP contribution in [0.2, 0.25) is 0 Å². The fraction of sp³-hybridized carbons (Fsp3) is 0.538. The topological polar surface area (TPSA) is 70.7 Å². The molecule has 0 atom stereocenters. The average Bonchev–Trinajstić information content (AvgIpc) is 2.88. The lowest BCUT2D eigenvalue weighted by Crippen LogP contribution is -2.40. The van der Waals surface area contributed by atoms with Crippen LogP contribution in [0.3, 0.4) is 0 Å². The summed E-state index contributed by atoms with van der Waals surface area (Å²) in [5.74, 6) is -0.325. The molecule has 118 valence electrons. The van der Waals surface area contributed by atoms with Crippen molar-refractivity contribution in [3.63, 3.8) is 0 Å². The van der Waals surface area contributed by atoms with Gasteiger partial charge in [-0.05, 0) is 28.1 Å². The number of nitrogens with one attached hydrogen (secondary N) is 2. The molecular formula is C13H20BrN3O3S. The van der Waals surface area contributed by atoms with Crippen molar-refractivity contribution in [1.29, 1.82) is 0 Å². The molecule has 6 nitrogen and oxygen atoms in total. The Kier molecular flexibility index (Phi) is 8.51. The molecule has 0 aromatic carbocycles. The molecule has 0 unspecified atom stereocenters. The summed E-state index contributed by atoms with van der Waals surface area (Å²) >= 11 is 4.67. The molecule has 0 radical (unpaired) electrons. The molecule has 1 rings (SSSR count). The van der Waals surface area contributed by atoms with Crippen LogP contribution in [-0.2, 0) is 9.53 Å². The molecule has 0 fully saturated rings. The normalized spacial score (nSPS) is 10.4. The number of methoxy groups -OCH3 is 1. The third kappa shape index (κ3) is 7.03. The van der Waals surface area contributed by atoms with Crippen LogP contribution < -0.4 is 10.6 Å². The van der Waals surface area contributed by atoms with Crippen molar-refractivity contribution < 1.29 is 14.3 Å². The number of nitrogens with zero attached hydrogens (tertiary/aromatic N) is 1. The summed E-state index contributed by atoms with van der Waals surface area (Å²) in [5.41, 5.74) is 0. The van der Waals surface area contributed by atoms with E-state index < -0.39 is 0 Å². The molecular weight excluding hydrogens is 358 g/mol. The van der Waals surface area contributed by atoms with E-state index in [9.17, 15) is 9.59 Å². The first-order chi connectivity index (χ1) is 10.0. The van der Waals surface area contributed by atoms with Gasteiger partial charge in [-0.3, -0.25) is 9.59 Å². The molecule has 0 spiro atoms. The van der Waals surface area contributed by atoms with Crippen LogP contribution in [0.1, 0.15) is 9.67 Å². The molecule has 0 saturated carbocycles. The number of thiophene rings is 1. The number of halogens is 1. The highest BCUT2D eigenvalue weighted by Gasteiger charge is 2.16. The summed E-state index contributed by atoms with van der Waals surface area (Å²) < 4.78 is 5.79. The highest BCUT2D eigenvalue weighted by molar-refractivity contribution is 9.11. The second kappa shape index (κ2) is 9.88. The van der Waals surface area contributed by atoms with E-state index in [1.807, 2.05) is 6.07 Å². The van der Waals surface area contributed by atoms with Crippen LogP contribution in [0.4, 0.5) is 0 Å². The molecule has 1 heterocycles. The number of ether oxygens (including phenoxy) is 1. The first-order valence-electron chi connectivity index (χ1n) is 6.51. The van der Waals surface area contributed by atoms with Gasteiger partial charge in [0.1, 0.15) is 0 Å². The van der Waals surface area contributed by atoms with Crippen LogP contribution >= 0.6 is 27.3 Å². The molecule has 8 heteroatoms. The summed E-state index contributed by atoms with van der Waals surface area (Å²) in [6.07, 6.45) is 0. The van der Waals surface area contributed by atoms with Crippen molar-refractivity contribution in [3.8, 4) is 0 Å². The van der Waals surface area contributed by atoms with Gasteiger partial charge in [-0.2, -0.15) is 0 Å². The van der Waals surface area contributed by atoms with E-state index in [0.29, 0.717) is 24.6 Å². The van der Waals surface area contributed by atoms with Crippen molar-refractivity contribution in [3.05, 3.63) is 20.8 Å². The Hall–Kier alpha value is -0.960. The van der Waals surface area contributed by atoms with Crippen molar-refractivity contribution in [1.82, 2.24) is 15.5 Å². The molecule has 2 amide bonds. The van der Waals surface area contributed by atoms with Gasteiger partial charge in [0.15, 0.2) is 0 Å². The Balaban J connectivity index is 2.23. The van der Waals surface area contributed by atoms with Gasteiger partial charge in [-0.15, -0.1) is 11.3 Å². The molecule has 0 aliphatic heterocycles. The monoisotopic (exact) mass is 377 g/mol. The first-order valence-corrected chi connectivity index (χ1v) is 8.12. The second-order valence-corrected chi connectivity index (χ2v) is 6.82. The molecule has 0 aliphatic carbocycles. The zero-order chi connectivity index (χ0) is 15.7. The first kappa shape index (κ1) is 18.1. The molecule has 1 aromatic rings. The van der Waals surface area contributed by atoms with Crippen LogP contribution in [0.25, 0.3) is 0 Å². The largest absolute Gasteiger partial charge is 0.383 e. The highest BCUT2D eigenvalue weighted by atomic mass is 79.9. The second-order valence-electron chi connectivity index (χ2n) is 4.36. The summed E-state index contributed by atoms with van der Waals surface area (Å²) in [7, 11) is 3.26. The number of carbonyl (C=O) groups excluding carboxylic acids is 2. The average molecular weight is 378 g/mol. The van der Waals surface area contributed by atoms with Crippen LogP contribution in [0.15, 0.2) is 15.9 Å². The molecule has 0 saturated heterocycles. The van der Waals surface area contributed by atoms with E-state index in [0.717, 1.165) is 10.3 Å². The van der Waals surface area contributed by atoms with Crippen molar-refractivity contribution in [2.75, 3.05) is 46.9 Å². The number of amides is 2. The van der Waals surface area contributed by atoms with E-state index in [4.69, 9.17) is 4.74 Å². The van der Waals surface area contributed by atoms with Crippen molar-refractivity contribution in [2.45, 2.75) is 0 Å². The molecule has 0 aliphatic rings. The molecule has 0 bridgehead atoms. The fourth-order valence-electron chi connectivity index (χ4n) is 1.55. The maximum atomic E-state index is 12.1. The third-order valence-electron chi connectivity index (χ3n) is 2.62. The minimum absolute atomic E-state index is 0.0480. The Labute approximate surface area is 137 Å². The van der Waals surface area contributed by atoms with Gasteiger partial charge in [0.05, 0.1) is 21.8 Å². The lowest BCUT2D eigenvalue weighted by molar-refractivity contribution is -0.121. The van der Waals surface area contributed by atoms with Crippen LogP contribution in [0, 0.1) is 0 Å². The smallest absolute Gasteiger partial charge is 0.264 e. The van der Waals surface area contributed by atoms with Crippen molar-refractivity contribution in [2.24, 2.45) is 0 Å². The summed E-state index contributed by atoms with van der Waals surface area (Å²) in [6.45, 7) is 2.63. The van der Waals surface area contributed by atoms with Gasteiger partial charge in [0.25, 0.3) is 5.91 Å². The van der Waals surface area contributed by atoms with Crippen LogP contribution in [0.5, 0.6) is 0 Å². The number of hydrogen-bond donors (Lipinski definition) is 2. The summed E-state index contributed by atoms with van der Waals surface area (Å²) in [5, 5.41) is 5.88. The van der Waals surface area contributed by atoms with E-state index in [2.05, 4.69) is 26.6 Å². The third-order valence-corrected chi connectivity index (χ3v) is 4.23. The van der Waals surface area contributed by atoms with Gasteiger partial charge < -0.3 is 20.3 Å². The van der Waals surface area contributed by atoms with E-state index in [1.54, 1.807) is 20.2 Å². The summed E-state index contributed by atoms with van der Waals surface area (Å²) in [4.78, 5) is 25.8.